The number of piperidine rings is 1. The van der Waals surface area contributed by atoms with Crippen LogP contribution >= 0.6 is 11.3 Å². The number of aromatic nitrogens is 1. The van der Waals surface area contributed by atoms with Gasteiger partial charge >= 0.3 is 6.09 Å². The minimum atomic E-state index is -3.74. The Labute approximate surface area is 237 Å². The first-order chi connectivity index (χ1) is 19.3. The highest BCUT2D eigenvalue weighted by molar-refractivity contribution is 7.89. The van der Waals surface area contributed by atoms with Crippen molar-refractivity contribution >= 4 is 43.6 Å². The van der Waals surface area contributed by atoms with Crippen LogP contribution in [-0.4, -0.2) is 98.6 Å². The van der Waals surface area contributed by atoms with Crippen molar-refractivity contribution in [3.63, 3.8) is 0 Å². The Morgan fingerprint density at radius 2 is 1.68 bits per heavy atom. The van der Waals surface area contributed by atoms with Gasteiger partial charge in [0.25, 0.3) is 11.1 Å². The average molecular weight is 589 g/mol. The Hall–Kier alpha value is -3.42. The summed E-state index contributed by atoms with van der Waals surface area (Å²) >= 11 is 1.47. The lowest BCUT2D eigenvalue weighted by Crippen LogP contribution is -2.50. The summed E-state index contributed by atoms with van der Waals surface area (Å²) in [4.78, 5) is 32.9. The van der Waals surface area contributed by atoms with E-state index in [4.69, 9.17) is 14.2 Å². The van der Waals surface area contributed by atoms with Crippen LogP contribution in [0.4, 0.5) is 4.79 Å². The molecule has 1 aromatic heterocycles. The molecular weight excluding hydrogens is 556 g/mol. The zero-order valence-electron chi connectivity index (χ0n) is 22.4. The number of ether oxygens (including phenoxy) is 3. The molecular formula is C27H32N4O7S2. The Balaban J connectivity index is 1.14. The molecule has 2 aliphatic heterocycles. The Bertz CT molecular complexity index is 1460. The van der Waals surface area contributed by atoms with Gasteiger partial charge in [0.2, 0.25) is 10.0 Å². The Kier molecular flexibility index (Phi) is 8.43. The fraction of sp³-hybridized carbons (Fsp3) is 0.444. The first-order valence-electron chi connectivity index (χ1n) is 13.2. The second-order valence-electron chi connectivity index (χ2n) is 9.54. The third-order valence-electron chi connectivity index (χ3n) is 7.08. The summed E-state index contributed by atoms with van der Waals surface area (Å²) in [6.45, 7) is 3.97. The van der Waals surface area contributed by atoms with E-state index in [1.165, 1.54) is 32.7 Å². The van der Waals surface area contributed by atoms with Crippen LogP contribution in [0.5, 0.6) is 10.9 Å². The van der Waals surface area contributed by atoms with Gasteiger partial charge in [0.05, 0.1) is 28.8 Å². The summed E-state index contributed by atoms with van der Waals surface area (Å²) in [7, 11) is -2.11. The smallest absolute Gasteiger partial charge is 0.409 e. The maximum Gasteiger partial charge on any atom is 0.409 e. The number of thiazole rings is 1. The summed E-state index contributed by atoms with van der Waals surface area (Å²) in [5.74, 6) is 0.631. The number of benzene rings is 2. The SMILES string of the molecule is CCOC(=O)N1CCN(S(=O)(=O)c2ccc(C(=O)N3CCC(Oc4nc5ccc(OC)cc5s4)CC3)cc2)CC1. The number of carbonyl (C=O) groups excluding carboxylic acids is 2. The van der Waals surface area contributed by atoms with E-state index in [0.29, 0.717) is 36.7 Å². The van der Waals surface area contributed by atoms with E-state index in [9.17, 15) is 18.0 Å². The molecule has 40 heavy (non-hydrogen) atoms. The number of nitrogens with zero attached hydrogens (tertiary/aromatic N) is 4. The number of amides is 2. The van der Waals surface area contributed by atoms with Crippen LogP contribution < -0.4 is 9.47 Å². The lowest BCUT2D eigenvalue weighted by atomic mass is 10.1. The van der Waals surface area contributed by atoms with Crippen molar-refractivity contribution in [3.05, 3.63) is 48.0 Å². The largest absolute Gasteiger partial charge is 0.497 e. The second kappa shape index (κ2) is 12.0. The van der Waals surface area contributed by atoms with Crippen LogP contribution in [0.2, 0.25) is 0 Å². The van der Waals surface area contributed by atoms with Crippen LogP contribution in [0, 0.1) is 0 Å². The maximum absolute atomic E-state index is 13.1. The van der Waals surface area contributed by atoms with Crippen LogP contribution in [-0.2, 0) is 14.8 Å². The van der Waals surface area contributed by atoms with E-state index in [-0.39, 0.29) is 49.7 Å². The number of hydrogen-bond donors (Lipinski definition) is 0. The van der Waals surface area contributed by atoms with E-state index in [0.717, 1.165) is 16.0 Å². The van der Waals surface area contributed by atoms with E-state index >= 15 is 0 Å². The van der Waals surface area contributed by atoms with E-state index in [1.807, 2.05) is 18.2 Å². The summed E-state index contributed by atoms with van der Waals surface area (Å²) in [6, 6.07) is 11.8. The van der Waals surface area contributed by atoms with Gasteiger partial charge in [-0.2, -0.15) is 4.31 Å². The predicted molar refractivity (Wildman–Crippen MR) is 150 cm³/mol. The molecule has 2 aromatic carbocycles. The van der Waals surface area contributed by atoms with Gasteiger partial charge in [-0.25, -0.2) is 18.2 Å². The van der Waals surface area contributed by atoms with E-state index in [1.54, 1.807) is 31.1 Å². The summed E-state index contributed by atoms with van der Waals surface area (Å²) < 4.78 is 45.0. The fourth-order valence-electron chi connectivity index (χ4n) is 4.81. The summed E-state index contributed by atoms with van der Waals surface area (Å²) in [5, 5.41) is 0.604. The molecule has 5 rings (SSSR count). The number of piperazine rings is 1. The summed E-state index contributed by atoms with van der Waals surface area (Å²) in [6.07, 6.45) is 0.879. The van der Waals surface area contributed by atoms with E-state index < -0.39 is 16.1 Å². The van der Waals surface area contributed by atoms with Gasteiger partial charge in [0.1, 0.15) is 11.9 Å². The monoisotopic (exact) mass is 588 g/mol. The van der Waals surface area contributed by atoms with Gasteiger partial charge in [0.15, 0.2) is 0 Å². The second-order valence-corrected chi connectivity index (χ2v) is 12.5. The molecule has 0 spiro atoms. The molecule has 0 radical (unpaired) electrons. The molecule has 0 atom stereocenters. The van der Waals surface area contributed by atoms with Crippen molar-refractivity contribution in [1.82, 2.24) is 19.1 Å². The number of fused-ring (bicyclic) bond motifs is 1. The number of methoxy groups -OCH3 is 1. The molecule has 0 bridgehead atoms. The maximum atomic E-state index is 13.1. The molecule has 13 heteroatoms. The van der Waals surface area contributed by atoms with Crippen LogP contribution in [0.25, 0.3) is 10.2 Å². The van der Waals surface area contributed by atoms with E-state index in [2.05, 4.69) is 4.98 Å². The van der Waals surface area contributed by atoms with Crippen molar-refractivity contribution in [3.8, 4) is 10.9 Å². The lowest BCUT2D eigenvalue weighted by molar-refractivity contribution is 0.0595. The zero-order valence-corrected chi connectivity index (χ0v) is 24.1. The molecule has 0 saturated carbocycles. The van der Waals surface area contributed by atoms with Crippen molar-refractivity contribution < 1.29 is 32.2 Å². The highest BCUT2D eigenvalue weighted by Gasteiger charge is 2.31. The zero-order chi connectivity index (χ0) is 28.3. The molecule has 2 fully saturated rings. The Morgan fingerprint density at radius 3 is 2.33 bits per heavy atom. The lowest BCUT2D eigenvalue weighted by Gasteiger charge is -2.33. The number of carbonyl (C=O) groups is 2. The summed E-state index contributed by atoms with van der Waals surface area (Å²) in [5.41, 5.74) is 1.29. The first-order valence-corrected chi connectivity index (χ1v) is 15.5. The standard InChI is InChI=1S/C27H32N4O7S2/c1-3-37-27(33)30-14-16-31(17-15-30)40(34,35)22-7-4-19(5-8-22)25(32)29-12-10-20(11-13-29)38-26-28-23-9-6-21(36-2)18-24(23)39-26/h4-9,18,20H,3,10-17H2,1-2H3. The molecule has 2 amide bonds. The topological polar surface area (TPSA) is 119 Å². The number of hydrogen-bond acceptors (Lipinski definition) is 9. The molecule has 0 unspecified atom stereocenters. The minimum Gasteiger partial charge on any atom is -0.497 e. The van der Waals surface area contributed by atoms with Gasteiger partial charge in [-0.3, -0.25) is 4.79 Å². The van der Waals surface area contributed by atoms with Crippen LogP contribution in [0.1, 0.15) is 30.1 Å². The minimum absolute atomic E-state index is 0.0386. The first kappa shape index (κ1) is 28.1. The normalized spacial score (nSPS) is 17.1. The Morgan fingerprint density at radius 1 is 0.975 bits per heavy atom. The van der Waals surface area contributed by atoms with Gasteiger partial charge < -0.3 is 24.0 Å². The highest BCUT2D eigenvalue weighted by Crippen LogP contribution is 2.32. The van der Waals surface area contributed by atoms with Gasteiger partial charge in [-0.05, 0) is 49.4 Å². The molecule has 3 heterocycles. The molecule has 214 valence electrons. The molecule has 0 N–H and O–H groups in total. The van der Waals surface area contributed by atoms with Crippen molar-refractivity contribution in [2.24, 2.45) is 0 Å². The van der Waals surface area contributed by atoms with Crippen molar-refractivity contribution in [2.45, 2.75) is 30.8 Å². The third-order valence-corrected chi connectivity index (χ3v) is 9.90. The van der Waals surface area contributed by atoms with Crippen molar-refractivity contribution in [2.75, 3.05) is 53.0 Å². The highest BCUT2D eigenvalue weighted by atomic mass is 32.2. The third kappa shape index (κ3) is 6.01. The number of sulfonamides is 1. The molecule has 3 aromatic rings. The van der Waals surface area contributed by atoms with Crippen LogP contribution in [0.3, 0.4) is 0 Å². The number of likely N-dealkylation sites (tertiary alicyclic amines) is 1. The van der Waals surface area contributed by atoms with Gasteiger partial charge in [0, 0.05) is 57.7 Å². The molecule has 2 saturated heterocycles. The van der Waals surface area contributed by atoms with Gasteiger partial charge in [-0.15, -0.1) is 0 Å². The molecule has 0 aliphatic carbocycles. The number of rotatable bonds is 7. The van der Waals surface area contributed by atoms with Crippen molar-refractivity contribution in [1.29, 1.82) is 0 Å². The molecule has 11 nitrogen and oxygen atoms in total. The quantitative estimate of drug-likeness (QED) is 0.412. The predicted octanol–water partition coefficient (Wildman–Crippen LogP) is 3.45. The average Bonchev–Trinajstić information content (AvgIpc) is 3.39. The fourth-order valence-corrected chi connectivity index (χ4v) is 7.14. The van der Waals surface area contributed by atoms with Gasteiger partial charge in [-0.1, -0.05) is 11.3 Å². The molecule has 2 aliphatic rings. The van der Waals surface area contributed by atoms with Crippen LogP contribution in [0.15, 0.2) is 47.4 Å².